The van der Waals surface area contributed by atoms with Gasteiger partial charge in [0.1, 0.15) is 0 Å². The van der Waals surface area contributed by atoms with Gasteiger partial charge in [0.2, 0.25) is 0 Å². The van der Waals surface area contributed by atoms with Crippen molar-refractivity contribution < 1.29 is 4.79 Å². The summed E-state index contributed by atoms with van der Waals surface area (Å²) < 4.78 is 2.11. The predicted molar refractivity (Wildman–Crippen MR) is 131 cm³/mol. The number of nitrogens with zero attached hydrogens (tertiary/aromatic N) is 2. The Morgan fingerprint density at radius 3 is 2.34 bits per heavy atom. The van der Waals surface area contributed by atoms with Crippen LogP contribution in [0.1, 0.15) is 72.7 Å². The number of fused-ring (bicyclic) bond motifs is 1. The number of hydrogen-bond acceptors (Lipinski definition) is 2. The average molecular weight is 446 g/mol. The zero-order valence-electron chi connectivity index (χ0n) is 18.8. The molecular weight excluding hydrogens is 418 g/mol. The van der Waals surface area contributed by atoms with E-state index in [0.717, 1.165) is 27.2 Å². The van der Waals surface area contributed by atoms with E-state index in [1.807, 2.05) is 61.8 Å². The van der Waals surface area contributed by atoms with E-state index in [9.17, 15) is 4.79 Å². The molecule has 0 aliphatic rings. The van der Waals surface area contributed by atoms with E-state index in [4.69, 9.17) is 11.6 Å². The molecule has 0 unspecified atom stereocenters. The zero-order valence-corrected chi connectivity index (χ0v) is 19.6. The van der Waals surface area contributed by atoms with Gasteiger partial charge >= 0.3 is 0 Å². The normalized spacial score (nSPS) is 13.3. The van der Waals surface area contributed by atoms with Crippen molar-refractivity contribution >= 4 is 28.5 Å². The highest BCUT2D eigenvalue weighted by molar-refractivity contribution is 6.30. The van der Waals surface area contributed by atoms with Crippen molar-refractivity contribution in [2.24, 2.45) is 0 Å². The van der Waals surface area contributed by atoms with Gasteiger partial charge in [-0.3, -0.25) is 4.79 Å². The topological polar surface area (TPSA) is 46.9 Å². The van der Waals surface area contributed by atoms with Crippen molar-refractivity contribution in [3.8, 4) is 0 Å². The van der Waals surface area contributed by atoms with Gasteiger partial charge in [-0.05, 0) is 66.8 Å². The second kappa shape index (κ2) is 9.17. The van der Waals surface area contributed by atoms with Crippen LogP contribution in [0.3, 0.4) is 0 Å². The largest absolute Gasteiger partial charge is 0.346 e. The molecule has 5 heteroatoms. The maximum atomic E-state index is 12.9. The molecule has 0 spiro atoms. The third kappa shape index (κ3) is 4.56. The van der Waals surface area contributed by atoms with Crippen molar-refractivity contribution in [2.75, 3.05) is 0 Å². The van der Waals surface area contributed by atoms with Crippen LogP contribution in [0.15, 0.2) is 73.1 Å². The third-order valence-corrected chi connectivity index (χ3v) is 6.28. The first-order valence-electron chi connectivity index (χ1n) is 11.0. The third-order valence-electron chi connectivity index (χ3n) is 6.03. The van der Waals surface area contributed by atoms with Crippen molar-refractivity contribution in [1.29, 1.82) is 0 Å². The van der Waals surface area contributed by atoms with Gasteiger partial charge < -0.3 is 9.88 Å². The first kappa shape index (κ1) is 22.1. The van der Waals surface area contributed by atoms with Gasteiger partial charge in [0.05, 0.1) is 29.4 Å². The number of rotatable bonds is 6. The number of amides is 1. The van der Waals surface area contributed by atoms with Crippen LogP contribution >= 0.6 is 11.6 Å². The Labute approximate surface area is 194 Å². The van der Waals surface area contributed by atoms with Gasteiger partial charge in [0.25, 0.3) is 5.91 Å². The number of carbonyl (C=O) groups excluding carboxylic acids is 1. The van der Waals surface area contributed by atoms with Gasteiger partial charge in [-0.25, -0.2) is 4.98 Å². The predicted octanol–water partition coefficient (Wildman–Crippen LogP) is 6.91. The van der Waals surface area contributed by atoms with Crippen LogP contribution in [-0.2, 0) is 0 Å². The van der Waals surface area contributed by atoms with Crippen molar-refractivity contribution in [1.82, 2.24) is 14.9 Å². The van der Waals surface area contributed by atoms with Gasteiger partial charge in [-0.15, -0.1) is 0 Å². The molecule has 1 N–H and O–H groups in total. The zero-order chi connectivity index (χ0) is 22.8. The van der Waals surface area contributed by atoms with Crippen molar-refractivity contribution in [3.63, 3.8) is 0 Å². The number of imidazole rings is 1. The number of aromatic nitrogens is 2. The Morgan fingerprint density at radius 1 is 0.906 bits per heavy atom. The number of hydrogen-bond donors (Lipinski definition) is 1. The molecule has 0 bridgehead atoms. The molecule has 1 heterocycles. The lowest BCUT2D eigenvalue weighted by Gasteiger charge is -2.17. The summed E-state index contributed by atoms with van der Waals surface area (Å²) in [5.41, 5.74) is 5.91. The summed E-state index contributed by atoms with van der Waals surface area (Å²) in [5, 5.41) is 3.84. The fourth-order valence-corrected chi connectivity index (χ4v) is 4.06. The molecule has 0 aliphatic carbocycles. The van der Waals surface area contributed by atoms with E-state index >= 15 is 0 Å². The summed E-state index contributed by atoms with van der Waals surface area (Å²) in [4.78, 5) is 17.5. The minimum absolute atomic E-state index is 0.0839. The summed E-state index contributed by atoms with van der Waals surface area (Å²) in [5.74, 6) is 0.347. The fraction of sp³-hybridized carbons (Fsp3) is 0.259. The first-order chi connectivity index (χ1) is 15.3. The molecule has 0 fully saturated rings. The highest BCUT2D eigenvalue weighted by atomic mass is 35.5. The monoisotopic (exact) mass is 445 g/mol. The maximum Gasteiger partial charge on any atom is 0.251 e. The summed E-state index contributed by atoms with van der Waals surface area (Å²) in [6.45, 7) is 8.48. The van der Waals surface area contributed by atoms with Gasteiger partial charge in [-0.2, -0.15) is 0 Å². The maximum absolute atomic E-state index is 12.9. The minimum Gasteiger partial charge on any atom is -0.346 e. The lowest BCUT2D eigenvalue weighted by molar-refractivity contribution is 0.0940. The second-order valence-electron chi connectivity index (χ2n) is 8.60. The molecule has 0 aliphatic heterocycles. The Kier molecular flexibility index (Phi) is 6.33. The quantitative estimate of drug-likeness (QED) is 0.350. The summed E-state index contributed by atoms with van der Waals surface area (Å²) in [7, 11) is 0. The van der Waals surface area contributed by atoms with Crippen LogP contribution in [0.2, 0.25) is 5.02 Å². The number of benzene rings is 3. The Bertz CT molecular complexity index is 1240. The molecule has 32 heavy (non-hydrogen) atoms. The van der Waals surface area contributed by atoms with E-state index in [1.54, 1.807) is 0 Å². The van der Waals surface area contributed by atoms with Crippen LogP contribution in [0, 0.1) is 0 Å². The Balaban J connectivity index is 1.53. The molecule has 164 valence electrons. The van der Waals surface area contributed by atoms with Crippen molar-refractivity contribution in [2.45, 2.75) is 45.7 Å². The second-order valence-corrected chi connectivity index (χ2v) is 9.04. The molecule has 4 aromatic rings. The first-order valence-corrected chi connectivity index (χ1v) is 11.3. The van der Waals surface area contributed by atoms with E-state index in [1.165, 1.54) is 5.56 Å². The van der Waals surface area contributed by atoms with Crippen LogP contribution in [0.25, 0.3) is 11.0 Å². The van der Waals surface area contributed by atoms with Crippen LogP contribution < -0.4 is 5.32 Å². The van der Waals surface area contributed by atoms with E-state index in [0.29, 0.717) is 11.5 Å². The molecular formula is C27H28ClN3O. The highest BCUT2D eigenvalue weighted by Crippen LogP contribution is 2.26. The van der Waals surface area contributed by atoms with Gasteiger partial charge in [0.15, 0.2) is 0 Å². The molecule has 4 nitrogen and oxygen atoms in total. The Hall–Kier alpha value is -3.11. The molecule has 1 aromatic heterocycles. The Morgan fingerprint density at radius 2 is 1.62 bits per heavy atom. The number of nitrogens with one attached hydrogen (secondary N) is 1. The minimum atomic E-state index is -0.102. The lowest BCUT2D eigenvalue weighted by atomic mass is 9.98. The molecule has 0 saturated heterocycles. The average Bonchev–Trinajstić information content (AvgIpc) is 3.22. The summed E-state index contributed by atoms with van der Waals surface area (Å²) in [6, 6.07) is 21.9. The van der Waals surface area contributed by atoms with Gasteiger partial charge in [0, 0.05) is 10.6 Å². The van der Waals surface area contributed by atoms with E-state index in [2.05, 4.69) is 53.8 Å². The van der Waals surface area contributed by atoms with Crippen LogP contribution in [0.5, 0.6) is 0 Å². The van der Waals surface area contributed by atoms with Crippen LogP contribution in [0.4, 0.5) is 0 Å². The van der Waals surface area contributed by atoms with E-state index in [-0.39, 0.29) is 18.0 Å². The number of halogens is 1. The summed E-state index contributed by atoms with van der Waals surface area (Å²) >= 11 is 6.02. The number of carbonyl (C=O) groups is 1. The van der Waals surface area contributed by atoms with E-state index < -0.39 is 0 Å². The molecule has 0 radical (unpaired) electrons. The molecule has 1 amide bonds. The smallest absolute Gasteiger partial charge is 0.251 e. The fourth-order valence-electron chi connectivity index (χ4n) is 3.93. The van der Waals surface area contributed by atoms with Gasteiger partial charge in [-0.1, -0.05) is 61.8 Å². The molecule has 3 aromatic carbocycles. The summed E-state index contributed by atoms with van der Waals surface area (Å²) in [6.07, 6.45) is 1.83. The molecule has 4 rings (SSSR count). The van der Waals surface area contributed by atoms with Crippen molar-refractivity contribution in [3.05, 3.63) is 100 Å². The molecule has 0 saturated carbocycles. The lowest BCUT2D eigenvalue weighted by Crippen LogP contribution is -2.26. The van der Waals surface area contributed by atoms with Crippen LogP contribution in [-0.4, -0.2) is 15.5 Å². The molecule has 2 atom stereocenters. The standard InChI is InChI=1S/C27H28ClN3O/c1-17(2)21-6-5-7-22(14-21)18(3)30-27(32)23-10-13-26-25(15-23)29-16-31(26)19(4)20-8-11-24(28)12-9-20/h5-19H,1-4H3,(H,30,32)/t18-,19+/m0/s1. The SMILES string of the molecule is CC(C)c1cccc([C@H](C)NC(=O)c2ccc3c(c2)ncn3[C@H](C)c2ccc(Cl)cc2)c1. The highest BCUT2D eigenvalue weighted by Gasteiger charge is 2.16.